The van der Waals surface area contributed by atoms with Gasteiger partial charge < -0.3 is 48.1 Å². The van der Waals surface area contributed by atoms with Crippen LogP contribution in [-0.4, -0.2) is 101 Å². The summed E-state index contributed by atoms with van der Waals surface area (Å²) in [4.78, 5) is 0. The summed E-state index contributed by atoms with van der Waals surface area (Å²) >= 11 is 0. The average molecular weight is 384 g/mol. The minimum absolute atomic E-state index is 0.0152. The van der Waals surface area contributed by atoms with Gasteiger partial charge in [0, 0.05) is 21.3 Å². The Morgan fingerprint density at radius 2 is 1.65 bits per heavy atom. The molecule has 0 aromatic rings. The highest BCUT2D eigenvalue weighted by molar-refractivity contribution is 4.92. The van der Waals surface area contributed by atoms with Gasteiger partial charge in [0.25, 0.3) is 0 Å². The lowest BCUT2D eigenvalue weighted by Crippen LogP contribution is -2.53. The molecule has 0 saturated carbocycles. The van der Waals surface area contributed by atoms with Crippen LogP contribution in [0.15, 0.2) is 0 Å². The van der Waals surface area contributed by atoms with Crippen molar-refractivity contribution in [3.63, 3.8) is 0 Å². The van der Waals surface area contributed by atoms with Gasteiger partial charge in [0.1, 0.15) is 50.9 Å². The molecule has 1 fully saturated rings. The number of aliphatic hydroxyl groups excluding tert-OH is 2. The molecule has 0 aliphatic carbocycles. The van der Waals surface area contributed by atoms with Crippen LogP contribution in [0.25, 0.3) is 0 Å². The minimum Gasteiger partial charge on any atom is -0.394 e. The van der Waals surface area contributed by atoms with Gasteiger partial charge in [-0.3, -0.25) is 0 Å². The van der Waals surface area contributed by atoms with Crippen molar-refractivity contribution in [2.45, 2.75) is 50.2 Å². The maximum Gasteiger partial charge on any atom is 0.164 e. The molecule has 156 valence electrons. The summed E-state index contributed by atoms with van der Waals surface area (Å²) in [6, 6.07) is 0. The van der Waals surface area contributed by atoms with Gasteiger partial charge in [0.15, 0.2) is 5.79 Å². The van der Waals surface area contributed by atoms with Gasteiger partial charge in [-0.2, -0.15) is 0 Å². The molecule has 0 aromatic carbocycles. The second-order valence-electron chi connectivity index (χ2n) is 6.24. The summed E-state index contributed by atoms with van der Waals surface area (Å²) in [6.07, 6.45) is -4.44. The van der Waals surface area contributed by atoms with E-state index in [0.717, 1.165) is 0 Å². The fourth-order valence-corrected chi connectivity index (χ4v) is 2.68. The third kappa shape index (κ3) is 7.31. The van der Waals surface area contributed by atoms with E-state index in [1.165, 1.54) is 21.3 Å². The summed E-state index contributed by atoms with van der Waals surface area (Å²) in [5.74, 6) is -1.11. The van der Waals surface area contributed by atoms with E-state index in [0.29, 0.717) is 0 Å². The second-order valence-corrected chi connectivity index (χ2v) is 6.24. The molecule has 5 atom stereocenters. The molecule has 1 aliphatic heterocycles. The molecule has 2 N–H and O–H groups in total. The lowest BCUT2D eigenvalue weighted by molar-refractivity contribution is -0.280. The van der Waals surface area contributed by atoms with E-state index in [4.69, 9.17) is 37.9 Å². The van der Waals surface area contributed by atoms with Crippen molar-refractivity contribution in [3.05, 3.63) is 0 Å². The molecule has 0 unspecified atom stereocenters. The highest BCUT2D eigenvalue weighted by Crippen LogP contribution is 2.30. The Morgan fingerprint density at radius 1 is 1.00 bits per heavy atom. The fraction of sp³-hybridized carbons (Fsp3) is 1.00. The number of ether oxygens (including phenoxy) is 8. The van der Waals surface area contributed by atoms with Crippen molar-refractivity contribution in [3.8, 4) is 0 Å². The first-order chi connectivity index (χ1) is 12.4. The van der Waals surface area contributed by atoms with Crippen LogP contribution in [0.4, 0.5) is 0 Å². The first kappa shape index (κ1) is 23.6. The van der Waals surface area contributed by atoms with Gasteiger partial charge in [0.2, 0.25) is 0 Å². The van der Waals surface area contributed by atoms with Gasteiger partial charge in [-0.15, -0.1) is 0 Å². The maximum atomic E-state index is 10.7. The number of rotatable bonds is 12. The first-order valence-electron chi connectivity index (χ1n) is 8.32. The Bertz CT molecular complexity index is 367. The summed E-state index contributed by atoms with van der Waals surface area (Å²) in [7, 11) is 4.46. The van der Waals surface area contributed by atoms with Crippen LogP contribution in [0, 0.1) is 0 Å². The van der Waals surface area contributed by atoms with Crippen LogP contribution in [0.3, 0.4) is 0 Å². The Kier molecular flexibility index (Phi) is 11.0. The highest BCUT2D eigenvalue weighted by atomic mass is 16.7. The van der Waals surface area contributed by atoms with Crippen LogP contribution in [0.1, 0.15) is 13.8 Å². The van der Waals surface area contributed by atoms with E-state index in [-0.39, 0.29) is 27.0 Å². The third-order valence-electron chi connectivity index (χ3n) is 3.70. The van der Waals surface area contributed by atoms with Crippen molar-refractivity contribution < 1.29 is 48.1 Å². The molecule has 1 rings (SSSR count). The van der Waals surface area contributed by atoms with Gasteiger partial charge in [-0.05, 0) is 13.8 Å². The Labute approximate surface area is 154 Å². The molecule has 26 heavy (non-hydrogen) atoms. The van der Waals surface area contributed by atoms with E-state index < -0.39 is 42.9 Å². The number of hydrogen-bond donors (Lipinski definition) is 2. The molecule has 0 amide bonds. The van der Waals surface area contributed by atoms with Gasteiger partial charge in [0.05, 0.1) is 13.2 Å². The van der Waals surface area contributed by atoms with Crippen LogP contribution in [0.5, 0.6) is 0 Å². The molecule has 1 saturated heterocycles. The third-order valence-corrected chi connectivity index (χ3v) is 3.70. The molecular formula is C16H32O10. The zero-order valence-corrected chi connectivity index (χ0v) is 16.1. The minimum atomic E-state index is -1.18. The molecule has 10 nitrogen and oxygen atoms in total. The fourth-order valence-electron chi connectivity index (χ4n) is 2.68. The van der Waals surface area contributed by atoms with Gasteiger partial charge in [-0.25, -0.2) is 0 Å². The lowest BCUT2D eigenvalue weighted by atomic mass is 9.99. The lowest BCUT2D eigenvalue weighted by Gasteiger charge is -2.35. The summed E-state index contributed by atoms with van der Waals surface area (Å²) in [6.45, 7) is 3.01. The van der Waals surface area contributed by atoms with E-state index in [9.17, 15) is 10.2 Å². The van der Waals surface area contributed by atoms with Crippen LogP contribution in [-0.2, 0) is 37.9 Å². The first-order valence-corrected chi connectivity index (χ1v) is 8.32. The van der Waals surface area contributed by atoms with Crippen molar-refractivity contribution in [2.24, 2.45) is 0 Å². The van der Waals surface area contributed by atoms with Crippen LogP contribution < -0.4 is 0 Å². The largest absolute Gasteiger partial charge is 0.394 e. The summed E-state index contributed by atoms with van der Waals surface area (Å²) < 4.78 is 43.2. The van der Waals surface area contributed by atoms with E-state index >= 15 is 0 Å². The second kappa shape index (κ2) is 12.1. The van der Waals surface area contributed by atoms with Gasteiger partial charge in [-0.1, -0.05) is 0 Å². The molecule has 0 radical (unpaired) electrons. The SMILES string of the molecule is COCOC[C@@H](OCOC)[C@H]1OC(C)(C)O[C@H](CO)[C@@H](O)[C@@H]1OCOC. The molecule has 0 aromatic heterocycles. The van der Waals surface area contributed by atoms with E-state index in [2.05, 4.69) is 0 Å². The Balaban J connectivity index is 3.07. The van der Waals surface area contributed by atoms with Gasteiger partial charge >= 0.3 is 0 Å². The molecule has 0 bridgehead atoms. The van der Waals surface area contributed by atoms with Crippen molar-refractivity contribution in [1.29, 1.82) is 0 Å². The monoisotopic (exact) mass is 384 g/mol. The van der Waals surface area contributed by atoms with Crippen molar-refractivity contribution >= 4 is 0 Å². The van der Waals surface area contributed by atoms with Crippen LogP contribution >= 0.6 is 0 Å². The quantitative estimate of drug-likeness (QED) is 0.336. The van der Waals surface area contributed by atoms with E-state index in [1.54, 1.807) is 13.8 Å². The standard InChI is InChI=1S/C16H32O10/c1-16(2)25-11(6-17)13(18)15(24-10-21-5)14(26-16)12(23-9-20-4)7-22-8-19-3/h11-15,17-18H,6-10H2,1-5H3/t11-,12-,13-,14-,15+/m1/s1. The average Bonchev–Trinajstić information content (AvgIpc) is 2.70. The molecule has 1 aliphatic rings. The topological polar surface area (TPSA) is 114 Å². The highest BCUT2D eigenvalue weighted by Gasteiger charge is 2.48. The number of hydrogen-bond acceptors (Lipinski definition) is 10. The molecule has 0 spiro atoms. The summed E-state index contributed by atoms with van der Waals surface area (Å²) in [5, 5.41) is 20.3. The van der Waals surface area contributed by atoms with Crippen LogP contribution in [0.2, 0.25) is 0 Å². The molecular weight excluding hydrogens is 352 g/mol. The van der Waals surface area contributed by atoms with E-state index in [1.807, 2.05) is 0 Å². The van der Waals surface area contributed by atoms with Crippen molar-refractivity contribution in [1.82, 2.24) is 0 Å². The smallest absolute Gasteiger partial charge is 0.164 e. The number of aliphatic hydroxyl groups is 2. The molecule has 10 heteroatoms. The Morgan fingerprint density at radius 3 is 2.23 bits per heavy atom. The van der Waals surface area contributed by atoms with Crippen molar-refractivity contribution in [2.75, 3.05) is 54.9 Å². The zero-order chi connectivity index (χ0) is 19.6. The number of methoxy groups -OCH3 is 3. The Hall–Kier alpha value is -0.400. The maximum absolute atomic E-state index is 10.7. The predicted octanol–water partition coefficient (Wildman–Crippen LogP) is -0.542. The normalized spacial score (nSPS) is 30.1. The predicted molar refractivity (Wildman–Crippen MR) is 88.2 cm³/mol. The zero-order valence-electron chi connectivity index (χ0n) is 16.1. The molecule has 1 heterocycles. The summed E-state index contributed by atoms with van der Waals surface area (Å²) in [5.41, 5.74) is 0.